The zero-order chi connectivity index (χ0) is 24.0. The van der Waals surface area contributed by atoms with Crippen molar-refractivity contribution in [1.29, 1.82) is 0 Å². The van der Waals surface area contributed by atoms with Gasteiger partial charge in [-0.2, -0.15) is 0 Å². The van der Waals surface area contributed by atoms with Gasteiger partial charge >= 0.3 is 0 Å². The summed E-state index contributed by atoms with van der Waals surface area (Å²) in [5.74, 6) is 2.05. The molecule has 0 fully saturated rings. The zero-order valence-corrected chi connectivity index (χ0v) is 19.3. The summed E-state index contributed by atoms with van der Waals surface area (Å²) in [4.78, 5) is 25.0. The van der Waals surface area contributed by atoms with Crippen LogP contribution in [0.2, 0.25) is 0 Å². The fourth-order valence-electron chi connectivity index (χ4n) is 4.24. The fourth-order valence-corrected chi connectivity index (χ4v) is 4.24. The first kappa shape index (κ1) is 22.5. The summed E-state index contributed by atoms with van der Waals surface area (Å²) < 4.78 is 7.81. The quantitative estimate of drug-likeness (QED) is 0.391. The Bertz CT molecular complexity index is 1330. The van der Waals surface area contributed by atoms with E-state index < -0.39 is 0 Å². The number of ketones is 1. The van der Waals surface area contributed by atoms with E-state index >= 15 is 0 Å². The average Bonchev–Trinajstić information content (AvgIpc) is 3.16. The molecule has 1 aliphatic rings. The molecule has 1 N–H and O–H groups in total. The highest BCUT2D eigenvalue weighted by molar-refractivity contribution is 6.09. The Balaban J connectivity index is 1.19. The maximum atomic E-state index is 12.5. The lowest BCUT2D eigenvalue weighted by atomic mass is 10.0. The summed E-state index contributed by atoms with van der Waals surface area (Å²) in [5.41, 5.74) is 2.79. The maximum absolute atomic E-state index is 12.5. The molecule has 7 heteroatoms. The number of anilines is 1. The minimum atomic E-state index is -0.272. The van der Waals surface area contributed by atoms with Crippen molar-refractivity contribution in [2.45, 2.75) is 32.2 Å². The Hall–Kier alpha value is -4.26. The van der Waals surface area contributed by atoms with Crippen LogP contribution in [-0.4, -0.2) is 33.1 Å². The van der Waals surface area contributed by atoms with Crippen LogP contribution in [-0.2, 0) is 17.8 Å². The van der Waals surface area contributed by atoms with Crippen LogP contribution in [0.15, 0.2) is 78.9 Å². The van der Waals surface area contributed by atoms with Crippen molar-refractivity contribution in [2.24, 2.45) is 0 Å². The number of amides is 1. The summed E-state index contributed by atoms with van der Waals surface area (Å²) in [5, 5.41) is 11.6. The van der Waals surface area contributed by atoms with Crippen molar-refractivity contribution >= 4 is 17.4 Å². The summed E-state index contributed by atoms with van der Waals surface area (Å²) >= 11 is 0. The van der Waals surface area contributed by atoms with E-state index in [9.17, 15) is 9.59 Å². The van der Waals surface area contributed by atoms with Crippen molar-refractivity contribution in [2.75, 3.05) is 11.9 Å². The predicted octanol–water partition coefficient (Wildman–Crippen LogP) is 4.92. The van der Waals surface area contributed by atoms with E-state index in [1.807, 2.05) is 42.5 Å². The van der Waals surface area contributed by atoms with Gasteiger partial charge in [0.05, 0.1) is 0 Å². The molecule has 0 bridgehead atoms. The highest BCUT2D eigenvalue weighted by atomic mass is 16.5. The standard InChI is InChI=1S/C28H26N4O3/c33-26(19-35-24-15-13-21(14-16-24)27(34)20-8-3-1-4-9-20)29-23-11-7-10-22(18-23)28-31-30-25-12-5-2-6-17-32(25)28/h1,3-4,7-11,13-16,18H,2,5-6,12,17,19H2,(H,29,33). The number of aryl methyl sites for hydroxylation is 1. The second-order valence-electron chi connectivity index (χ2n) is 8.54. The van der Waals surface area contributed by atoms with E-state index in [1.165, 1.54) is 6.42 Å². The molecule has 1 aliphatic heterocycles. The first-order valence-electron chi connectivity index (χ1n) is 11.8. The van der Waals surface area contributed by atoms with Crippen LogP contribution in [0.5, 0.6) is 5.75 Å². The number of hydrogen-bond donors (Lipinski definition) is 1. The van der Waals surface area contributed by atoms with Gasteiger partial charge in [-0.25, -0.2) is 0 Å². The van der Waals surface area contributed by atoms with Crippen LogP contribution in [0.25, 0.3) is 11.4 Å². The van der Waals surface area contributed by atoms with Crippen molar-refractivity contribution in [3.05, 3.63) is 95.8 Å². The summed E-state index contributed by atoms with van der Waals surface area (Å²) in [7, 11) is 0. The molecule has 2 heterocycles. The van der Waals surface area contributed by atoms with E-state index in [1.54, 1.807) is 36.4 Å². The molecule has 4 aromatic rings. The third kappa shape index (κ3) is 5.30. The highest BCUT2D eigenvalue weighted by Gasteiger charge is 2.16. The van der Waals surface area contributed by atoms with E-state index in [0.29, 0.717) is 22.6 Å². The average molecular weight is 467 g/mol. The number of fused-ring (bicyclic) bond motifs is 1. The van der Waals surface area contributed by atoms with Crippen LogP contribution in [0.1, 0.15) is 41.0 Å². The number of ether oxygens (including phenoxy) is 1. The molecular weight excluding hydrogens is 440 g/mol. The van der Waals surface area contributed by atoms with E-state index in [2.05, 4.69) is 20.1 Å². The van der Waals surface area contributed by atoms with Gasteiger partial charge in [-0.3, -0.25) is 9.59 Å². The first-order chi connectivity index (χ1) is 17.2. The van der Waals surface area contributed by atoms with Gasteiger partial charge in [0, 0.05) is 35.3 Å². The lowest BCUT2D eigenvalue weighted by molar-refractivity contribution is -0.118. The Labute approximate surface area is 203 Å². The minimum Gasteiger partial charge on any atom is -0.484 e. The summed E-state index contributed by atoms with van der Waals surface area (Å²) in [6, 6.07) is 23.5. The number of hydrogen-bond acceptors (Lipinski definition) is 5. The third-order valence-corrected chi connectivity index (χ3v) is 6.04. The largest absolute Gasteiger partial charge is 0.484 e. The maximum Gasteiger partial charge on any atom is 0.262 e. The van der Waals surface area contributed by atoms with Gasteiger partial charge in [0.2, 0.25) is 0 Å². The topological polar surface area (TPSA) is 86.1 Å². The van der Waals surface area contributed by atoms with Crippen LogP contribution in [0, 0.1) is 0 Å². The smallest absolute Gasteiger partial charge is 0.262 e. The SMILES string of the molecule is O=C(COc1ccc(C(=O)c2ccccc2)cc1)Nc1cccc(-c2nnc3n2CCCCC3)c1. The molecule has 0 unspecified atom stereocenters. The van der Waals surface area contributed by atoms with Crippen LogP contribution >= 0.6 is 0 Å². The summed E-state index contributed by atoms with van der Waals surface area (Å²) in [6.07, 6.45) is 4.40. The monoisotopic (exact) mass is 466 g/mol. The molecule has 3 aromatic carbocycles. The Kier molecular flexibility index (Phi) is 6.66. The molecular formula is C28H26N4O3. The Morgan fingerprint density at radius 3 is 2.49 bits per heavy atom. The lowest BCUT2D eigenvalue weighted by Crippen LogP contribution is -2.20. The van der Waals surface area contributed by atoms with Gasteiger partial charge < -0.3 is 14.6 Å². The number of carbonyl (C=O) groups excluding carboxylic acids is 2. The molecule has 176 valence electrons. The first-order valence-corrected chi connectivity index (χ1v) is 11.8. The molecule has 0 aliphatic carbocycles. The number of benzene rings is 3. The van der Waals surface area contributed by atoms with Crippen molar-refractivity contribution in [1.82, 2.24) is 14.8 Å². The molecule has 1 aromatic heterocycles. The molecule has 35 heavy (non-hydrogen) atoms. The van der Waals surface area contributed by atoms with Gasteiger partial charge in [-0.05, 0) is 49.2 Å². The lowest BCUT2D eigenvalue weighted by Gasteiger charge is -2.10. The van der Waals surface area contributed by atoms with Crippen LogP contribution < -0.4 is 10.1 Å². The molecule has 0 saturated heterocycles. The normalized spacial score (nSPS) is 12.9. The molecule has 5 rings (SSSR count). The Morgan fingerprint density at radius 1 is 0.857 bits per heavy atom. The second-order valence-corrected chi connectivity index (χ2v) is 8.54. The van der Waals surface area contributed by atoms with E-state index in [-0.39, 0.29) is 18.3 Å². The van der Waals surface area contributed by atoms with Crippen LogP contribution in [0.4, 0.5) is 5.69 Å². The van der Waals surface area contributed by atoms with Crippen molar-refractivity contribution in [3.8, 4) is 17.1 Å². The van der Waals surface area contributed by atoms with Gasteiger partial charge in [0.25, 0.3) is 5.91 Å². The zero-order valence-electron chi connectivity index (χ0n) is 19.3. The molecule has 0 spiro atoms. The van der Waals surface area contributed by atoms with Crippen molar-refractivity contribution < 1.29 is 14.3 Å². The highest BCUT2D eigenvalue weighted by Crippen LogP contribution is 2.25. The van der Waals surface area contributed by atoms with Crippen LogP contribution in [0.3, 0.4) is 0 Å². The Morgan fingerprint density at radius 2 is 1.66 bits per heavy atom. The fraction of sp³-hybridized carbons (Fsp3) is 0.214. The molecule has 0 saturated carbocycles. The molecule has 0 atom stereocenters. The van der Waals surface area contributed by atoms with Crippen molar-refractivity contribution in [3.63, 3.8) is 0 Å². The van der Waals surface area contributed by atoms with Gasteiger partial charge in [0.1, 0.15) is 11.6 Å². The number of nitrogens with one attached hydrogen (secondary N) is 1. The minimum absolute atomic E-state index is 0.0562. The molecule has 0 radical (unpaired) electrons. The summed E-state index contributed by atoms with van der Waals surface area (Å²) in [6.45, 7) is 0.772. The van der Waals surface area contributed by atoms with E-state index in [0.717, 1.165) is 43.0 Å². The van der Waals surface area contributed by atoms with Gasteiger partial charge in [-0.1, -0.05) is 48.9 Å². The second kappa shape index (κ2) is 10.3. The number of nitrogens with zero attached hydrogens (tertiary/aromatic N) is 3. The predicted molar refractivity (Wildman–Crippen MR) is 133 cm³/mol. The number of rotatable bonds is 7. The van der Waals surface area contributed by atoms with Gasteiger partial charge in [0.15, 0.2) is 18.2 Å². The molecule has 1 amide bonds. The molecule has 7 nitrogen and oxygen atoms in total. The third-order valence-electron chi connectivity index (χ3n) is 6.04. The number of carbonyl (C=O) groups is 2. The van der Waals surface area contributed by atoms with Gasteiger partial charge in [-0.15, -0.1) is 10.2 Å². The number of aromatic nitrogens is 3. The van der Waals surface area contributed by atoms with E-state index in [4.69, 9.17) is 4.74 Å².